The van der Waals surface area contributed by atoms with Crippen molar-refractivity contribution in [3.8, 4) is 0 Å². The standard InChI is InChI=1S/C14H13ClFNOS/c15-12-1-3-14(4-2-12)19(18)9-11-5-10(8-17)6-13(16)7-11/h1-7H,8-9,17H2. The Balaban J connectivity index is 2.18. The van der Waals surface area contributed by atoms with Gasteiger partial charge < -0.3 is 5.73 Å². The molecule has 0 bridgehead atoms. The van der Waals surface area contributed by atoms with Gasteiger partial charge in [-0.2, -0.15) is 0 Å². The van der Waals surface area contributed by atoms with E-state index < -0.39 is 10.8 Å². The first-order valence-corrected chi connectivity index (χ1v) is 7.40. The van der Waals surface area contributed by atoms with Crippen LogP contribution in [-0.4, -0.2) is 4.21 Å². The molecule has 0 spiro atoms. The van der Waals surface area contributed by atoms with Gasteiger partial charge in [0.1, 0.15) is 5.82 Å². The summed E-state index contributed by atoms with van der Waals surface area (Å²) in [4.78, 5) is 0.669. The summed E-state index contributed by atoms with van der Waals surface area (Å²) in [5.41, 5.74) is 6.86. The molecule has 2 rings (SSSR count). The van der Waals surface area contributed by atoms with Crippen LogP contribution in [0.15, 0.2) is 47.4 Å². The smallest absolute Gasteiger partial charge is 0.123 e. The quantitative estimate of drug-likeness (QED) is 0.941. The Morgan fingerprint density at radius 3 is 2.37 bits per heavy atom. The first-order chi connectivity index (χ1) is 9.08. The maximum atomic E-state index is 13.3. The monoisotopic (exact) mass is 297 g/mol. The normalized spacial score (nSPS) is 12.4. The van der Waals surface area contributed by atoms with Crippen LogP contribution < -0.4 is 5.73 Å². The van der Waals surface area contributed by atoms with Gasteiger partial charge in [0.2, 0.25) is 0 Å². The zero-order chi connectivity index (χ0) is 13.8. The molecule has 0 saturated heterocycles. The predicted octanol–water partition coefficient (Wildman–Crippen LogP) is 3.25. The lowest BCUT2D eigenvalue weighted by Crippen LogP contribution is -2.01. The van der Waals surface area contributed by atoms with Crippen molar-refractivity contribution >= 4 is 22.4 Å². The van der Waals surface area contributed by atoms with Gasteiger partial charge in [-0.05, 0) is 47.5 Å². The number of hydrogen-bond donors (Lipinski definition) is 1. The molecule has 1 atom stereocenters. The van der Waals surface area contributed by atoms with E-state index in [1.165, 1.54) is 12.1 Å². The van der Waals surface area contributed by atoms with E-state index in [1.807, 2.05) is 0 Å². The van der Waals surface area contributed by atoms with E-state index in [1.54, 1.807) is 30.3 Å². The van der Waals surface area contributed by atoms with E-state index in [2.05, 4.69) is 0 Å². The fraction of sp³-hybridized carbons (Fsp3) is 0.143. The second-order valence-electron chi connectivity index (χ2n) is 4.12. The first-order valence-electron chi connectivity index (χ1n) is 5.71. The van der Waals surface area contributed by atoms with Gasteiger partial charge >= 0.3 is 0 Å². The lowest BCUT2D eigenvalue weighted by atomic mass is 10.1. The van der Waals surface area contributed by atoms with Crippen molar-refractivity contribution in [1.82, 2.24) is 0 Å². The minimum absolute atomic E-state index is 0.256. The molecule has 0 aliphatic heterocycles. The minimum Gasteiger partial charge on any atom is -0.326 e. The lowest BCUT2D eigenvalue weighted by molar-refractivity contribution is 0.623. The summed E-state index contributed by atoms with van der Waals surface area (Å²) in [6.07, 6.45) is 0. The van der Waals surface area contributed by atoms with Crippen LogP contribution in [0.1, 0.15) is 11.1 Å². The summed E-state index contributed by atoms with van der Waals surface area (Å²) in [7, 11) is -1.23. The average Bonchev–Trinajstić information content (AvgIpc) is 2.38. The van der Waals surface area contributed by atoms with Crippen LogP contribution in [0.4, 0.5) is 4.39 Å². The molecule has 100 valence electrons. The molecular weight excluding hydrogens is 285 g/mol. The van der Waals surface area contributed by atoms with Crippen molar-refractivity contribution in [2.75, 3.05) is 0 Å². The van der Waals surface area contributed by atoms with E-state index in [9.17, 15) is 8.60 Å². The minimum atomic E-state index is -1.23. The maximum Gasteiger partial charge on any atom is 0.123 e. The van der Waals surface area contributed by atoms with Gasteiger partial charge in [-0.1, -0.05) is 17.7 Å². The Hall–Kier alpha value is -1.23. The third-order valence-electron chi connectivity index (χ3n) is 2.63. The van der Waals surface area contributed by atoms with Crippen molar-refractivity contribution in [1.29, 1.82) is 0 Å². The molecule has 2 nitrogen and oxygen atoms in total. The molecule has 19 heavy (non-hydrogen) atoms. The van der Waals surface area contributed by atoms with Gasteiger partial charge in [0.25, 0.3) is 0 Å². The number of benzene rings is 2. The van der Waals surface area contributed by atoms with E-state index in [4.69, 9.17) is 17.3 Å². The molecule has 0 amide bonds. The van der Waals surface area contributed by atoms with Gasteiger partial charge in [-0.3, -0.25) is 4.21 Å². The molecule has 2 aromatic rings. The highest BCUT2D eigenvalue weighted by atomic mass is 35.5. The molecular formula is C14H13ClFNOS. The van der Waals surface area contributed by atoms with Crippen molar-refractivity contribution < 1.29 is 8.60 Å². The Morgan fingerprint density at radius 2 is 1.74 bits per heavy atom. The molecule has 0 heterocycles. The zero-order valence-corrected chi connectivity index (χ0v) is 11.7. The highest BCUT2D eigenvalue weighted by Gasteiger charge is 2.07. The molecule has 0 aliphatic rings. The van der Waals surface area contributed by atoms with Crippen molar-refractivity contribution in [3.05, 3.63) is 64.4 Å². The van der Waals surface area contributed by atoms with Crippen LogP contribution >= 0.6 is 11.6 Å². The molecule has 0 saturated carbocycles. The number of nitrogens with two attached hydrogens (primary N) is 1. The summed E-state index contributed by atoms with van der Waals surface area (Å²) < 4.78 is 25.5. The Kier molecular flexibility index (Phi) is 4.69. The zero-order valence-electron chi connectivity index (χ0n) is 10.1. The lowest BCUT2D eigenvalue weighted by Gasteiger charge is -2.05. The van der Waals surface area contributed by atoms with Gasteiger partial charge in [0.15, 0.2) is 0 Å². The summed E-state index contributed by atoms with van der Waals surface area (Å²) >= 11 is 5.77. The molecule has 0 aliphatic carbocycles. The van der Waals surface area contributed by atoms with Crippen LogP contribution in [0.25, 0.3) is 0 Å². The summed E-state index contributed by atoms with van der Waals surface area (Å²) in [6.45, 7) is 0.262. The Morgan fingerprint density at radius 1 is 1.11 bits per heavy atom. The maximum absolute atomic E-state index is 13.3. The average molecular weight is 298 g/mol. The van der Waals surface area contributed by atoms with Crippen molar-refractivity contribution in [2.45, 2.75) is 17.2 Å². The third kappa shape index (κ3) is 3.86. The molecule has 2 N–H and O–H groups in total. The van der Waals surface area contributed by atoms with Gasteiger partial charge in [-0.25, -0.2) is 4.39 Å². The summed E-state index contributed by atoms with van der Waals surface area (Å²) in [5.74, 6) is -0.0992. The van der Waals surface area contributed by atoms with Gasteiger partial charge in [0.05, 0.1) is 16.6 Å². The topological polar surface area (TPSA) is 43.1 Å². The van der Waals surface area contributed by atoms with Crippen molar-refractivity contribution in [2.24, 2.45) is 5.73 Å². The van der Waals surface area contributed by atoms with E-state index in [0.29, 0.717) is 21.0 Å². The van der Waals surface area contributed by atoms with Crippen LogP contribution in [-0.2, 0) is 23.1 Å². The largest absolute Gasteiger partial charge is 0.326 e. The van der Waals surface area contributed by atoms with Crippen LogP contribution in [0, 0.1) is 5.82 Å². The fourth-order valence-electron chi connectivity index (χ4n) is 1.74. The molecule has 0 fully saturated rings. The highest BCUT2D eigenvalue weighted by molar-refractivity contribution is 7.84. The Labute approximate surface area is 118 Å². The second kappa shape index (κ2) is 6.28. The van der Waals surface area contributed by atoms with Crippen LogP contribution in [0.3, 0.4) is 0 Å². The summed E-state index contributed by atoms with van der Waals surface area (Å²) in [5, 5.41) is 0.594. The summed E-state index contributed by atoms with van der Waals surface area (Å²) in [6, 6.07) is 11.3. The molecule has 1 unspecified atom stereocenters. The van der Waals surface area contributed by atoms with E-state index in [0.717, 1.165) is 0 Å². The number of rotatable bonds is 4. The van der Waals surface area contributed by atoms with E-state index in [-0.39, 0.29) is 18.1 Å². The third-order valence-corrected chi connectivity index (χ3v) is 4.27. The fourth-order valence-corrected chi connectivity index (χ4v) is 2.94. The SMILES string of the molecule is NCc1cc(F)cc(CS(=O)c2ccc(Cl)cc2)c1. The Bertz CT molecular complexity index is 601. The van der Waals surface area contributed by atoms with Gasteiger partial charge in [0, 0.05) is 16.5 Å². The highest BCUT2D eigenvalue weighted by Crippen LogP contribution is 2.17. The molecule has 5 heteroatoms. The van der Waals surface area contributed by atoms with Crippen LogP contribution in [0.5, 0.6) is 0 Å². The number of hydrogen-bond acceptors (Lipinski definition) is 2. The van der Waals surface area contributed by atoms with E-state index >= 15 is 0 Å². The first kappa shape index (κ1) is 14.2. The van der Waals surface area contributed by atoms with Crippen LogP contribution in [0.2, 0.25) is 5.02 Å². The number of halogens is 2. The molecule has 0 radical (unpaired) electrons. The molecule has 0 aromatic heterocycles. The van der Waals surface area contributed by atoms with Gasteiger partial charge in [-0.15, -0.1) is 0 Å². The molecule has 2 aromatic carbocycles. The van der Waals surface area contributed by atoms with Crippen molar-refractivity contribution in [3.63, 3.8) is 0 Å². The second-order valence-corrected chi connectivity index (χ2v) is 6.00. The predicted molar refractivity (Wildman–Crippen MR) is 75.9 cm³/mol.